The van der Waals surface area contributed by atoms with E-state index in [1.54, 1.807) is 48.5 Å². The van der Waals surface area contributed by atoms with Gasteiger partial charge in [0.15, 0.2) is 18.1 Å². The minimum atomic E-state index is -0.429. The lowest BCUT2D eigenvalue weighted by Crippen LogP contribution is -2.27. The Morgan fingerprint density at radius 1 is 1.05 bits per heavy atom. The molecule has 1 aliphatic heterocycles. The predicted octanol–water partition coefficient (Wildman–Crippen LogP) is 8.21. The molecule has 0 saturated carbocycles. The molecule has 12 heteroatoms. The van der Waals surface area contributed by atoms with Gasteiger partial charge in [0.1, 0.15) is 0 Å². The zero-order valence-corrected chi connectivity index (χ0v) is 26.5. The number of benzene rings is 3. The molecule has 1 saturated heterocycles. The summed E-state index contributed by atoms with van der Waals surface area (Å²) < 4.78 is 12.3. The van der Waals surface area contributed by atoms with Gasteiger partial charge in [-0.2, -0.15) is 0 Å². The molecular weight excluding hydrogens is 710 g/mol. The molecule has 1 fully saturated rings. The van der Waals surface area contributed by atoms with Crippen LogP contribution in [0.15, 0.2) is 53.4 Å². The summed E-state index contributed by atoms with van der Waals surface area (Å²) in [4.78, 5) is 39.6. The molecule has 4 rings (SSSR count). The number of hydrogen-bond donors (Lipinski definition) is 1. The SMILES string of the molecule is CCOc1cc(/C=C2\SC(=O)N(Cc3ccc(Cl)cc3Cl)C2=O)cc(I)c1OCC(=O)Nc1ccc(C)c(Cl)c1. The van der Waals surface area contributed by atoms with Crippen LogP contribution < -0.4 is 14.8 Å². The number of carbonyl (C=O) groups excluding carboxylic acids is 3. The smallest absolute Gasteiger partial charge is 0.293 e. The Balaban J connectivity index is 1.49. The minimum Gasteiger partial charge on any atom is -0.490 e. The summed E-state index contributed by atoms with van der Waals surface area (Å²) >= 11 is 21.2. The molecule has 0 aromatic heterocycles. The molecule has 0 aliphatic carbocycles. The number of rotatable bonds is 9. The van der Waals surface area contributed by atoms with E-state index < -0.39 is 11.1 Å². The van der Waals surface area contributed by atoms with E-state index in [1.807, 2.05) is 19.9 Å². The highest BCUT2D eigenvalue weighted by atomic mass is 127. The topological polar surface area (TPSA) is 84.9 Å². The normalized spacial score (nSPS) is 14.2. The maximum Gasteiger partial charge on any atom is 0.293 e. The summed E-state index contributed by atoms with van der Waals surface area (Å²) in [6.45, 7) is 3.82. The molecule has 0 radical (unpaired) electrons. The van der Waals surface area contributed by atoms with Crippen molar-refractivity contribution in [3.05, 3.63) is 88.8 Å². The van der Waals surface area contributed by atoms with Crippen molar-refractivity contribution in [1.82, 2.24) is 4.90 Å². The number of nitrogens with one attached hydrogen (secondary N) is 1. The highest BCUT2D eigenvalue weighted by molar-refractivity contribution is 14.1. The number of anilines is 1. The number of imide groups is 1. The molecule has 0 unspecified atom stereocenters. The largest absolute Gasteiger partial charge is 0.490 e. The summed E-state index contributed by atoms with van der Waals surface area (Å²) in [7, 11) is 0. The van der Waals surface area contributed by atoms with Crippen molar-refractivity contribution in [3.8, 4) is 11.5 Å². The fourth-order valence-electron chi connectivity index (χ4n) is 3.69. The van der Waals surface area contributed by atoms with Gasteiger partial charge < -0.3 is 14.8 Å². The molecule has 1 heterocycles. The average molecular weight is 732 g/mol. The van der Waals surface area contributed by atoms with Gasteiger partial charge in [-0.1, -0.05) is 46.9 Å². The zero-order valence-electron chi connectivity index (χ0n) is 21.2. The fraction of sp³-hybridized carbons (Fsp3) is 0.179. The van der Waals surface area contributed by atoms with Gasteiger partial charge in [0.25, 0.3) is 17.1 Å². The molecule has 0 spiro atoms. The Labute approximate surface area is 264 Å². The highest BCUT2D eigenvalue weighted by Crippen LogP contribution is 2.38. The second-order valence-corrected chi connectivity index (χ2v) is 12.0. The molecule has 3 amide bonds. The molecule has 1 N–H and O–H groups in total. The lowest BCUT2D eigenvalue weighted by Gasteiger charge is -2.15. The third-order valence-electron chi connectivity index (χ3n) is 5.65. The second-order valence-electron chi connectivity index (χ2n) is 8.57. The Bertz CT molecular complexity index is 1530. The zero-order chi connectivity index (χ0) is 29.0. The van der Waals surface area contributed by atoms with Crippen molar-refractivity contribution < 1.29 is 23.9 Å². The van der Waals surface area contributed by atoms with Crippen LogP contribution in [0.25, 0.3) is 6.08 Å². The highest BCUT2D eigenvalue weighted by Gasteiger charge is 2.35. The van der Waals surface area contributed by atoms with Crippen molar-refractivity contribution in [2.45, 2.75) is 20.4 Å². The van der Waals surface area contributed by atoms with Crippen molar-refractivity contribution in [2.75, 3.05) is 18.5 Å². The minimum absolute atomic E-state index is 0.0311. The van der Waals surface area contributed by atoms with E-state index >= 15 is 0 Å². The lowest BCUT2D eigenvalue weighted by molar-refractivity contribution is -0.123. The van der Waals surface area contributed by atoms with Gasteiger partial charge in [-0.05, 0) is 107 Å². The van der Waals surface area contributed by atoms with Crippen molar-refractivity contribution in [1.29, 1.82) is 0 Å². The first-order valence-corrected chi connectivity index (χ1v) is 14.9. The first-order chi connectivity index (χ1) is 19.0. The molecule has 0 atom stereocenters. The first kappa shape index (κ1) is 30.5. The number of halogens is 4. The third-order valence-corrected chi connectivity index (χ3v) is 8.35. The van der Waals surface area contributed by atoms with Gasteiger partial charge in [0.05, 0.1) is 21.6 Å². The van der Waals surface area contributed by atoms with Gasteiger partial charge in [0.2, 0.25) is 0 Å². The van der Waals surface area contributed by atoms with Crippen LogP contribution in [0.1, 0.15) is 23.6 Å². The van der Waals surface area contributed by atoms with Crippen molar-refractivity contribution in [3.63, 3.8) is 0 Å². The van der Waals surface area contributed by atoms with Crippen molar-refractivity contribution in [2.24, 2.45) is 0 Å². The monoisotopic (exact) mass is 730 g/mol. The number of aryl methyl sites for hydroxylation is 1. The molecule has 3 aromatic rings. The molecule has 3 aromatic carbocycles. The number of nitrogens with zero attached hydrogens (tertiary/aromatic N) is 1. The fourth-order valence-corrected chi connectivity index (χ4v) is 5.96. The van der Waals surface area contributed by atoms with Gasteiger partial charge in [-0.15, -0.1) is 0 Å². The van der Waals surface area contributed by atoms with E-state index in [4.69, 9.17) is 44.3 Å². The van der Waals surface area contributed by atoms with Crippen LogP contribution in [0.3, 0.4) is 0 Å². The molecule has 7 nitrogen and oxygen atoms in total. The Morgan fingerprint density at radius 2 is 1.82 bits per heavy atom. The van der Waals surface area contributed by atoms with E-state index in [1.165, 1.54) is 0 Å². The summed E-state index contributed by atoms with van der Waals surface area (Å²) in [6.07, 6.45) is 1.62. The van der Waals surface area contributed by atoms with Crippen LogP contribution in [0.2, 0.25) is 15.1 Å². The number of amides is 3. The average Bonchev–Trinajstić information content (AvgIpc) is 3.14. The van der Waals surface area contributed by atoms with E-state index in [0.717, 1.165) is 22.2 Å². The number of ether oxygens (including phenoxy) is 2. The quantitative estimate of drug-likeness (QED) is 0.177. The summed E-state index contributed by atoms with van der Waals surface area (Å²) in [5, 5.41) is 3.74. The third kappa shape index (κ3) is 7.44. The summed E-state index contributed by atoms with van der Waals surface area (Å²) in [5.74, 6) is 0.0000735. The van der Waals surface area contributed by atoms with Gasteiger partial charge in [-0.3, -0.25) is 19.3 Å². The molecule has 40 heavy (non-hydrogen) atoms. The van der Waals surface area contributed by atoms with Crippen molar-refractivity contribution >= 4 is 98.0 Å². The maximum absolute atomic E-state index is 13.1. The number of carbonyl (C=O) groups is 3. The van der Waals surface area contributed by atoms with Crippen LogP contribution in [0.4, 0.5) is 10.5 Å². The Kier molecular flexibility index (Phi) is 10.3. The predicted molar refractivity (Wildman–Crippen MR) is 169 cm³/mol. The lowest BCUT2D eigenvalue weighted by atomic mass is 10.1. The van der Waals surface area contributed by atoms with Crippen LogP contribution in [0.5, 0.6) is 11.5 Å². The summed E-state index contributed by atoms with van der Waals surface area (Å²) in [5.41, 5.74) is 2.71. The molecule has 0 bridgehead atoms. The standard InChI is InChI=1S/C28H22Cl3IN2O5S/c1-3-38-23-9-16(8-22(32)26(23)39-14-25(35)33-19-7-4-15(2)20(30)12-19)10-24-27(36)34(28(37)40-24)13-17-5-6-18(29)11-21(17)31/h4-12H,3,13-14H2,1-2H3,(H,33,35)/b24-10-. The Hall–Kier alpha value is -2.44. The maximum atomic E-state index is 13.1. The molecule has 208 valence electrons. The second kappa shape index (κ2) is 13.5. The van der Waals surface area contributed by atoms with E-state index in [9.17, 15) is 14.4 Å². The van der Waals surface area contributed by atoms with E-state index in [-0.39, 0.29) is 24.0 Å². The molecule has 1 aliphatic rings. The van der Waals surface area contributed by atoms with E-state index in [2.05, 4.69) is 27.9 Å². The van der Waals surface area contributed by atoms with Crippen LogP contribution in [-0.2, 0) is 16.1 Å². The van der Waals surface area contributed by atoms with Gasteiger partial charge in [0, 0.05) is 20.8 Å². The molecular formula is C28H22Cl3IN2O5S. The van der Waals surface area contributed by atoms with Gasteiger partial charge >= 0.3 is 0 Å². The van der Waals surface area contributed by atoms with Crippen LogP contribution >= 0.6 is 69.2 Å². The number of hydrogen-bond acceptors (Lipinski definition) is 6. The summed E-state index contributed by atoms with van der Waals surface area (Å²) in [6, 6.07) is 13.6. The number of thioether (sulfide) groups is 1. The first-order valence-electron chi connectivity index (χ1n) is 11.9. The van der Waals surface area contributed by atoms with Crippen LogP contribution in [-0.4, -0.2) is 35.2 Å². The van der Waals surface area contributed by atoms with E-state index in [0.29, 0.717) is 53.6 Å². The van der Waals surface area contributed by atoms with Crippen LogP contribution in [0, 0.1) is 10.5 Å². The Morgan fingerprint density at radius 3 is 2.52 bits per heavy atom. The van der Waals surface area contributed by atoms with Gasteiger partial charge in [-0.25, -0.2) is 0 Å².